The van der Waals surface area contributed by atoms with Crippen molar-refractivity contribution >= 4 is 54.7 Å². The van der Waals surface area contributed by atoms with E-state index in [1.165, 1.54) is 64.2 Å². The fraction of sp³-hybridized carbons (Fsp3) is 0.818. The summed E-state index contributed by atoms with van der Waals surface area (Å²) in [7, 11) is -2.63. The molecular formula is C22H44BrISi2. The van der Waals surface area contributed by atoms with Crippen LogP contribution in [0.5, 0.6) is 0 Å². The molecule has 26 heavy (non-hydrogen) atoms. The average Bonchev–Trinajstić information content (AvgIpc) is 2.53. The molecule has 0 aromatic heterocycles. The fourth-order valence-electron chi connectivity index (χ4n) is 3.15. The first-order chi connectivity index (χ1) is 12.0. The van der Waals surface area contributed by atoms with Gasteiger partial charge in [0.1, 0.15) is 0 Å². The average molecular weight is 572 g/mol. The summed E-state index contributed by atoms with van der Waals surface area (Å²) in [5, 5.41) is 0. The Hall–Kier alpha value is 1.12. The third-order valence-corrected chi connectivity index (χ3v) is 17.6. The van der Waals surface area contributed by atoms with Crippen molar-refractivity contribution in [3.8, 4) is 0 Å². The van der Waals surface area contributed by atoms with Gasteiger partial charge in [-0.2, -0.15) is 0 Å². The lowest BCUT2D eigenvalue weighted by atomic mass is 9.97. The van der Waals surface area contributed by atoms with Crippen LogP contribution < -0.4 is 0 Å². The SMILES string of the molecule is CCCCCCC(/C(CCCCCC)=C(\I)[Si](C)(C)C)=C(/Br)[Si](C)(C)C. The molecule has 0 aliphatic carbocycles. The Kier molecular flexibility index (Phi) is 13.9. The minimum atomic E-state index is -1.34. The summed E-state index contributed by atoms with van der Waals surface area (Å²) in [6, 6.07) is 0. The van der Waals surface area contributed by atoms with Crippen molar-refractivity contribution < 1.29 is 0 Å². The summed E-state index contributed by atoms with van der Waals surface area (Å²) < 4.78 is 3.30. The number of halogens is 2. The molecule has 4 heteroatoms. The molecule has 0 amide bonds. The number of unbranched alkanes of at least 4 members (excludes halogenated alkanes) is 6. The second-order valence-corrected chi connectivity index (χ2v) is 23.3. The van der Waals surface area contributed by atoms with Gasteiger partial charge in [-0.05, 0) is 44.1 Å². The second-order valence-electron chi connectivity index (χ2n) is 9.71. The van der Waals surface area contributed by atoms with Crippen LogP contribution in [0.4, 0.5) is 0 Å². The molecule has 0 aliphatic heterocycles. The van der Waals surface area contributed by atoms with E-state index in [9.17, 15) is 0 Å². The van der Waals surface area contributed by atoms with E-state index in [1.54, 1.807) is 18.5 Å². The van der Waals surface area contributed by atoms with Crippen LogP contribution >= 0.6 is 38.5 Å². The van der Waals surface area contributed by atoms with Crippen LogP contribution in [-0.2, 0) is 0 Å². The van der Waals surface area contributed by atoms with Crippen LogP contribution in [-0.4, -0.2) is 16.1 Å². The van der Waals surface area contributed by atoms with E-state index in [0.29, 0.717) is 0 Å². The summed E-state index contributed by atoms with van der Waals surface area (Å²) in [5.74, 6) is 0. The normalized spacial score (nSPS) is 15.0. The monoisotopic (exact) mass is 570 g/mol. The van der Waals surface area contributed by atoms with E-state index in [4.69, 9.17) is 0 Å². The molecule has 0 atom stereocenters. The maximum atomic E-state index is 4.11. The summed E-state index contributed by atoms with van der Waals surface area (Å²) in [6.07, 6.45) is 13.4. The first-order valence-corrected chi connectivity index (χ1v) is 19.6. The maximum Gasteiger partial charge on any atom is 0.0869 e. The Morgan fingerprint density at radius 2 is 1.08 bits per heavy atom. The van der Waals surface area contributed by atoms with Gasteiger partial charge in [-0.25, -0.2) is 0 Å². The highest BCUT2D eigenvalue weighted by Gasteiger charge is 2.27. The number of hydrogen-bond acceptors (Lipinski definition) is 0. The van der Waals surface area contributed by atoms with Gasteiger partial charge in [0, 0.05) is 0 Å². The van der Waals surface area contributed by atoms with Gasteiger partial charge in [-0.15, -0.1) is 0 Å². The zero-order valence-corrected chi connectivity index (χ0v) is 24.6. The maximum absolute atomic E-state index is 4.11. The summed E-state index contributed by atoms with van der Waals surface area (Å²) in [6.45, 7) is 19.6. The number of rotatable bonds is 13. The van der Waals surface area contributed by atoms with Crippen LogP contribution in [0.25, 0.3) is 0 Å². The molecule has 0 aromatic rings. The molecule has 0 nitrogen and oxygen atoms in total. The van der Waals surface area contributed by atoms with Crippen LogP contribution in [0.3, 0.4) is 0 Å². The highest BCUT2D eigenvalue weighted by Crippen LogP contribution is 2.39. The molecule has 0 heterocycles. The number of hydrogen-bond donors (Lipinski definition) is 0. The third-order valence-electron chi connectivity index (χ3n) is 4.77. The van der Waals surface area contributed by atoms with Gasteiger partial charge in [-0.3, -0.25) is 0 Å². The van der Waals surface area contributed by atoms with Gasteiger partial charge in [0.2, 0.25) is 0 Å². The van der Waals surface area contributed by atoms with Gasteiger partial charge < -0.3 is 0 Å². The van der Waals surface area contributed by atoms with Gasteiger partial charge in [-0.1, -0.05) is 130 Å². The second kappa shape index (κ2) is 13.4. The van der Waals surface area contributed by atoms with E-state index in [2.05, 4.69) is 91.7 Å². The predicted molar refractivity (Wildman–Crippen MR) is 141 cm³/mol. The van der Waals surface area contributed by atoms with Crippen LogP contribution in [0.15, 0.2) is 18.5 Å². The topological polar surface area (TPSA) is 0 Å². The predicted octanol–water partition coefficient (Wildman–Crippen LogP) is 10.0. The van der Waals surface area contributed by atoms with Gasteiger partial charge in [0.25, 0.3) is 0 Å². The zero-order valence-electron chi connectivity index (χ0n) is 18.8. The zero-order chi connectivity index (χ0) is 20.4. The fourth-order valence-corrected chi connectivity index (χ4v) is 6.54. The van der Waals surface area contributed by atoms with Crippen LogP contribution in [0.1, 0.15) is 78.1 Å². The molecule has 0 spiro atoms. The lowest BCUT2D eigenvalue weighted by Gasteiger charge is -2.27. The molecule has 0 fully saturated rings. The van der Waals surface area contributed by atoms with Crippen molar-refractivity contribution in [3.63, 3.8) is 0 Å². The first kappa shape index (κ1) is 27.1. The Balaban J connectivity index is 5.84. The van der Waals surface area contributed by atoms with E-state index in [1.807, 2.05) is 0 Å². The Morgan fingerprint density at radius 1 is 0.654 bits per heavy atom. The van der Waals surface area contributed by atoms with Crippen molar-refractivity contribution in [2.75, 3.05) is 0 Å². The number of allylic oxidation sites excluding steroid dienone is 2. The van der Waals surface area contributed by atoms with Crippen LogP contribution in [0, 0.1) is 0 Å². The molecule has 0 bridgehead atoms. The molecule has 0 unspecified atom stereocenters. The Labute approximate surface area is 189 Å². The smallest absolute Gasteiger partial charge is 0.0654 e. The Morgan fingerprint density at radius 3 is 1.42 bits per heavy atom. The van der Waals surface area contributed by atoms with Crippen molar-refractivity contribution in [1.82, 2.24) is 0 Å². The molecular weight excluding hydrogens is 527 g/mol. The third kappa shape index (κ3) is 10.6. The molecule has 0 N–H and O–H groups in total. The minimum absolute atomic E-state index is 1.27. The largest absolute Gasteiger partial charge is 0.0869 e. The molecule has 0 aromatic carbocycles. The van der Waals surface area contributed by atoms with Gasteiger partial charge >= 0.3 is 0 Å². The molecule has 0 saturated heterocycles. The van der Waals surface area contributed by atoms with E-state index >= 15 is 0 Å². The lowest BCUT2D eigenvalue weighted by Crippen LogP contribution is -2.25. The summed E-state index contributed by atoms with van der Waals surface area (Å²) in [4.78, 5) is 0. The van der Waals surface area contributed by atoms with E-state index < -0.39 is 16.1 Å². The van der Waals surface area contributed by atoms with Crippen molar-refractivity contribution in [1.29, 1.82) is 0 Å². The molecule has 0 aliphatic rings. The van der Waals surface area contributed by atoms with Crippen molar-refractivity contribution in [2.24, 2.45) is 0 Å². The van der Waals surface area contributed by atoms with Crippen molar-refractivity contribution in [2.45, 2.75) is 117 Å². The first-order valence-electron chi connectivity index (χ1n) is 10.7. The molecule has 0 rings (SSSR count). The van der Waals surface area contributed by atoms with Crippen LogP contribution in [0.2, 0.25) is 39.3 Å². The minimum Gasteiger partial charge on any atom is -0.0654 e. The lowest BCUT2D eigenvalue weighted by molar-refractivity contribution is 0.648. The van der Waals surface area contributed by atoms with Gasteiger partial charge in [0.15, 0.2) is 0 Å². The van der Waals surface area contributed by atoms with E-state index in [-0.39, 0.29) is 0 Å². The van der Waals surface area contributed by atoms with Gasteiger partial charge in [0.05, 0.1) is 16.1 Å². The Bertz CT molecular complexity index is 424. The molecule has 0 radical (unpaired) electrons. The molecule has 0 saturated carbocycles. The standard InChI is InChI=1S/C22H44BrISi2/c1-9-11-13-15-17-19(21(23)25(3,4)5)20(18-16-14-12-10-2)22(24)26(6,7)8/h9-18H2,1-8H3/b21-19+,22-20+. The van der Waals surface area contributed by atoms with Crippen molar-refractivity contribution in [3.05, 3.63) is 18.5 Å². The summed E-state index contributed by atoms with van der Waals surface area (Å²) >= 11 is 6.83. The van der Waals surface area contributed by atoms with E-state index in [0.717, 1.165) is 0 Å². The highest BCUT2D eigenvalue weighted by molar-refractivity contribution is 14.1. The summed E-state index contributed by atoms with van der Waals surface area (Å²) in [5.41, 5.74) is 3.43. The molecule has 154 valence electrons. The quantitative estimate of drug-likeness (QED) is 0.0893. The highest BCUT2D eigenvalue weighted by atomic mass is 127.